The maximum atomic E-state index is 2.37. The van der Waals surface area contributed by atoms with Crippen LogP contribution in [0.15, 0.2) is 97.1 Å². The molecule has 1 heterocycles. The fourth-order valence-electron chi connectivity index (χ4n) is 4.42. The molecule has 5 aromatic rings. The van der Waals surface area contributed by atoms with Crippen LogP contribution in [0.25, 0.3) is 32.9 Å². The van der Waals surface area contributed by atoms with Crippen molar-refractivity contribution in [2.75, 3.05) is 0 Å². The average Bonchev–Trinajstić information content (AvgIpc) is 3.47. The van der Waals surface area contributed by atoms with E-state index in [1.807, 2.05) is 27.7 Å². The largest absolute Gasteiger partial charge is 0.341 e. The quantitative estimate of drug-likeness (QED) is 0.227. The Balaban J connectivity index is 0.000000199. The van der Waals surface area contributed by atoms with Crippen LogP contribution in [-0.2, 0) is 13.0 Å². The fourth-order valence-corrected chi connectivity index (χ4v) is 4.42. The van der Waals surface area contributed by atoms with Gasteiger partial charge in [0.15, 0.2) is 0 Å². The molecule has 1 heteroatoms. The molecule has 0 atom stereocenters. The smallest absolute Gasteiger partial charge is 0.0491 e. The third-order valence-electron chi connectivity index (χ3n) is 5.70. The van der Waals surface area contributed by atoms with Crippen LogP contribution in [0.3, 0.4) is 0 Å². The van der Waals surface area contributed by atoms with E-state index in [2.05, 4.69) is 122 Å². The van der Waals surface area contributed by atoms with Gasteiger partial charge in [-0.3, -0.25) is 0 Å². The molecule has 1 aliphatic rings. The van der Waals surface area contributed by atoms with Crippen LogP contribution in [0.1, 0.15) is 66.0 Å². The lowest BCUT2D eigenvalue weighted by Gasteiger charge is -2.01. The summed E-state index contributed by atoms with van der Waals surface area (Å²) in [5.74, 6) is 0. The van der Waals surface area contributed by atoms with Crippen molar-refractivity contribution < 1.29 is 0 Å². The predicted molar refractivity (Wildman–Crippen MR) is 158 cm³/mol. The van der Waals surface area contributed by atoms with Crippen LogP contribution in [-0.4, -0.2) is 4.57 Å². The van der Waals surface area contributed by atoms with Crippen molar-refractivity contribution in [1.29, 1.82) is 0 Å². The SMILES string of the molecule is CC.CC.CCC.CCn1c2ccccc2c2ccccc21.c1ccc2c(c1)Cc1ccccc1-2. The molecule has 0 unspecified atom stereocenters. The average molecular weight is 466 g/mol. The molecule has 0 radical (unpaired) electrons. The summed E-state index contributed by atoms with van der Waals surface area (Å²) in [5, 5.41) is 2.71. The predicted octanol–water partition coefficient (Wildman–Crippen LogP) is 10.5. The number of fused-ring (bicyclic) bond motifs is 6. The van der Waals surface area contributed by atoms with Gasteiger partial charge in [-0.05, 0) is 47.7 Å². The fraction of sp³-hybridized carbons (Fsp3) is 0.294. The lowest BCUT2D eigenvalue weighted by atomic mass is 10.1. The van der Waals surface area contributed by atoms with Gasteiger partial charge in [-0.1, -0.05) is 133 Å². The standard InChI is InChI=1S/C14H13N.C13H10.C3H8.2C2H6/c1-2-15-13-9-5-3-7-11(13)12-8-4-6-10-14(12)15;1-3-7-12-10(5-1)9-11-6-2-4-8-13(11)12;1-3-2;2*1-2/h3-10H,2H2,1H3;1-8H,9H2;3H2,1-2H3;2*1-2H3. The van der Waals surface area contributed by atoms with Gasteiger partial charge in [-0.2, -0.15) is 0 Å². The molecule has 0 N–H and O–H groups in total. The number of aryl methyl sites for hydroxylation is 1. The highest BCUT2D eigenvalue weighted by Gasteiger charge is 2.15. The number of aromatic nitrogens is 1. The van der Waals surface area contributed by atoms with Gasteiger partial charge in [0.25, 0.3) is 0 Å². The molecule has 184 valence electrons. The third kappa shape index (κ3) is 6.42. The van der Waals surface area contributed by atoms with E-state index < -0.39 is 0 Å². The van der Waals surface area contributed by atoms with Gasteiger partial charge in [0.05, 0.1) is 0 Å². The first-order valence-electron chi connectivity index (χ1n) is 13.4. The zero-order valence-electron chi connectivity index (χ0n) is 22.8. The molecule has 1 nitrogen and oxygen atoms in total. The maximum Gasteiger partial charge on any atom is 0.0491 e. The highest BCUT2D eigenvalue weighted by atomic mass is 15.0. The molecular formula is C34H43N. The third-order valence-corrected chi connectivity index (χ3v) is 5.70. The van der Waals surface area contributed by atoms with Crippen LogP contribution >= 0.6 is 0 Å². The summed E-state index contributed by atoms with van der Waals surface area (Å²) in [6, 6.07) is 34.5. The molecule has 0 amide bonds. The molecule has 0 saturated heterocycles. The normalized spacial score (nSPS) is 10.3. The lowest BCUT2D eigenvalue weighted by Crippen LogP contribution is -1.91. The van der Waals surface area contributed by atoms with Gasteiger partial charge in [-0.15, -0.1) is 0 Å². The van der Waals surface area contributed by atoms with Crippen molar-refractivity contribution >= 4 is 21.8 Å². The Kier molecular flexibility index (Phi) is 11.8. The molecule has 0 aliphatic heterocycles. The Bertz CT molecular complexity index is 1200. The maximum absolute atomic E-state index is 2.37. The summed E-state index contributed by atoms with van der Waals surface area (Å²) >= 11 is 0. The Labute approximate surface area is 213 Å². The van der Waals surface area contributed by atoms with Crippen LogP contribution in [0.4, 0.5) is 0 Å². The topological polar surface area (TPSA) is 4.93 Å². The van der Waals surface area contributed by atoms with Gasteiger partial charge < -0.3 is 4.57 Å². The minimum atomic E-state index is 1.02. The number of hydrogen-bond donors (Lipinski definition) is 0. The first kappa shape index (κ1) is 27.9. The van der Waals surface area contributed by atoms with Crippen LogP contribution in [0.5, 0.6) is 0 Å². The van der Waals surface area contributed by atoms with Gasteiger partial charge in [0.1, 0.15) is 0 Å². The minimum absolute atomic E-state index is 1.02. The zero-order chi connectivity index (χ0) is 25.6. The van der Waals surface area contributed by atoms with E-state index >= 15 is 0 Å². The number of nitrogens with zero attached hydrogens (tertiary/aromatic N) is 1. The summed E-state index contributed by atoms with van der Waals surface area (Å²) in [6.07, 6.45) is 2.35. The molecule has 1 aromatic heterocycles. The monoisotopic (exact) mass is 465 g/mol. The molecule has 1 aliphatic carbocycles. The van der Waals surface area contributed by atoms with Crippen LogP contribution < -0.4 is 0 Å². The molecule has 0 saturated carbocycles. The molecule has 0 fully saturated rings. The Morgan fingerprint density at radius 1 is 0.514 bits per heavy atom. The minimum Gasteiger partial charge on any atom is -0.341 e. The molecular weight excluding hydrogens is 422 g/mol. The van der Waals surface area contributed by atoms with Crippen molar-refractivity contribution in [3.05, 3.63) is 108 Å². The van der Waals surface area contributed by atoms with Crippen molar-refractivity contribution in [1.82, 2.24) is 4.57 Å². The number of hydrogen-bond acceptors (Lipinski definition) is 0. The van der Waals surface area contributed by atoms with E-state index in [1.165, 1.54) is 50.5 Å². The van der Waals surface area contributed by atoms with E-state index in [4.69, 9.17) is 0 Å². The molecule has 4 aromatic carbocycles. The Morgan fingerprint density at radius 2 is 0.857 bits per heavy atom. The van der Waals surface area contributed by atoms with Crippen molar-refractivity contribution in [2.45, 2.75) is 67.9 Å². The van der Waals surface area contributed by atoms with E-state index in [0.717, 1.165) is 13.0 Å². The van der Waals surface area contributed by atoms with Gasteiger partial charge in [0.2, 0.25) is 0 Å². The second-order valence-electron chi connectivity index (χ2n) is 7.98. The van der Waals surface area contributed by atoms with Crippen molar-refractivity contribution in [3.8, 4) is 11.1 Å². The Morgan fingerprint density at radius 3 is 1.26 bits per heavy atom. The number of benzene rings is 4. The zero-order valence-corrected chi connectivity index (χ0v) is 22.8. The van der Waals surface area contributed by atoms with Gasteiger partial charge in [0, 0.05) is 28.4 Å². The summed E-state index contributed by atoms with van der Waals surface area (Å²) in [7, 11) is 0. The molecule has 6 rings (SSSR count). The van der Waals surface area contributed by atoms with Crippen molar-refractivity contribution in [3.63, 3.8) is 0 Å². The second-order valence-corrected chi connectivity index (χ2v) is 7.98. The first-order valence-corrected chi connectivity index (χ1v) is 13.4. The lowest BCUT2D eigenvalue weighted by molar-refractivity contribution is 0.827. The Hall–Kier alpha value is -3.32. The highest BCUT2D eigenvalue weighted by molar-refractivity contribution is 6.07. The van der Waals surface area contributed by atoms with Gasteiger partial charge >= 0.3 is 0 Å². The molecule has 0 spiro atoms. The van der Waals surface area contributed by atoms with E-state index in [-0.39, 0.29) is 0 Å². The summed E-state index contributed by atoms with van der Waals surface area (Å²) in [6.45, 7) is 15.5. The van der Waals surface area contributed by atoms with Crippen LogP contribution in [0, 0.1) is 0 Å². The van der Waals surface area contributed by atoms with Crippen molar-refractivity contribution in [2.24, 2.45) is 0 Å². The molecule has 0 bridgehead atoms. The number of rotatable bonds is 1. The van der Waals surface area contributed by atoms with E-state index in [0.29, 0.717) is 0 Å². The highest BCUT2D eigenvalue weighted by Crippen LogP contribution is 2.35. The number of para-hydroxylation sites is 2. The van der Waals surface area contributed by atoms with Gasteiger partial charge in [-0.25, -0.2) is 0 Å². The summed E-state index contributed by atoms with van der Waals surface area (Å²) in [4.78, 5) is 0. The summed E-state index contributed by atoms with van der Waals surface area (Å²) in [5.41, 5.74) is 8.42. The summed E-state index contributed by atoms with van der Waals surface area (Å²) < 4.78 is 2.37. The van der Waals surface area contributed by atoms with E-state index in [9.17, 15) is 0 Å². The first-order chi connectivity index (χ1) is 17.3. The molecule has 35 heavy (non-hydrogen) atoms. The van der Waals surface area contributed by atoms with Crippen LogP contribution in [0.2, 0.25) is 0 Å². The van der Waals surface area contributed by atoms with E-state index in [1.54, 1.807) is 0 Å². The second kappa shape index (κ2) is 14.8.